The SMILES string of the molecule is C=Cc1sc2c(ccc3c(-c4cccc(-c5cc(-c6cccnc6)nc(-c6cccnc6)c5)c4)nc4ccccc4c32)c1/C=C\C. The van der Waals surface area contributed by atoms with E-state index in [4.69, 9.17) is 9.97 Å². The van der Waals surface area contributed by atoms with Gasteiger partial charge >= 0.3 is 0 Å². The van der Waals surface area contributed by atoms with Crippen LogP contribution in [0.15, 0.2) is 135 Å². The third kappa shape index (κ3) is 4.78. The molecule has 0 saturated heterocycles. The highest BCUT2D eigenvalue weighted by Crippen LogP contribution is 2.43. The van der Waals surface area contributed by atoms with Crippen molar-refractivity contribution in [2.24, 2.45) is 0 Å². The predicted octanol–water partition coefficient (Wildman–Crippen LogP) is 11.1. The lowest BCUT2D eigenvalue weighted by Crippen LogP contribution is -1.93. The molecule has 218 valence electrons. The smallest absolute Gasteiger partial charge is 0.0788 e. The van der Waals surface area contributed by atoms with E-state index in [0.717, 1.165) is 61.2 Å². The van der Waals surface area contributed by atoms with E-state index in [1.807, 2.05) is 42.7 Å². The maximum absolute atomic E-state index is 5.27. The van der Waals surface area contributed by atoms with Crippen molar-refractivity contribution in [2.45, 2.75) is 6.92 Å². The Morgan fingerprint density at radius 3 is 2.02 bits per heavy atom. The third-order valence-corrected chi connectivity index (χ3v) is 9.55. The van der Waals surface area contributed by atoms with Gasteiger partial charge in [-0.3, -0.25) is 9.97 Å². The summed E-state index contributed by atoms with van der Waals surface area (Å²) in [6.45, 7) is 6.18. The number of allylic oxidation sites excluding steroid dienone is 1. The van der Waals surface area contributed by atoms with Gasteiger partial charge in [-0.2, -0.15) is 0 Å². The zero-order chi connectivity index (χ0) is 31.0. The van der Waals surface area contributed by atoms with Gasteiger partial charge in [0.1, 0.15) is 0 Å². The second kappa shape index (κ2) is 11.6. The number of nitrogens with zero attached hydrogens (tertiary/aromatic N) is 4. The molecule has 4 nitrogen and oxygen atoms in total. The number of aromatic nitrogens is 4. The van der Waals surface area contributed by atoms with E-state index < -0.39 is 0 Å². The first-order chi connectivity index (χ1) is 22.7. The second-order valence-corrected chi connectivity index (χ2v) is 12.2. The molecule has 3 aromatic carbocycles. The highest BCUT2D eigenvalue weighted by Gasteiger charge is 2.18. The summed E-state index contributed by atoms with van der Waals surface area (Å²) in [5, 5.41) is 4.76. The minimum atomic E-state index is 0.860. The highest BCUT2D eigenvalue weighted by molar-refractivity contribution is 7.21. The molecule has 0 aliphatic heterocycles. The van der Waals surface area contributed by atoms with Gasteiger partial charge in [0.25, 0.3) is 0 Å². The van der Waals surface area contributed by atoms with Crippen LogP contribution in [-0.2, 0) is 0 Å². The van der Waals surface area contributed by atoms with Gasteiger partial charge in [-0.05, 0) is 72.1 Å². The average Bonchev–Trinajstić information content (AvgIpc) is 3.49. The summed E-state index contributed by atoms with van der Waals surface area (Å²) in [7, 11) is 0. The van der Waals surface area contributed by atoms with Crippen LogP contribution in [0.25, 0.3) is 88.8 Å². The number of thiophene rings is 1. The summed E-state index contributed by atoms with van der Waals surface area (Å²) < 4.78 is 1.26. The van der Waals surface area contributed by atoms with Gasteiger partial charge in [-0.1, -0.05) is 73.3 Å². The van der Waals surface area contributed by atoms with Crippen molar-refractivity contribution in [3.8, 4) is 44.9 Å². The zero-order valence-electron chi connectivity index (χ0n) is 25.2. The van der Waals surface area contributed by atoms with Crippen molar-refractivity contribution in [3.63, 3.8) is 0 Å². The van der Waals surface area contributed by atoms with E-state index >= 15 is 0 Å². The lowest BCUT2D eigenvalue weighted by Gasteiger charge is -2.13. The highest BCUT2D eigenvalue weighted by atomic mass is 32.1. The second-order valence-electron chi connectivity index (χ2n) is 11.1. The summed E-state index contributed by atoms with van der Waals surface area (Å²) in [6, 6.07) is 33.8. The molecule has 0 spiro atoms. The minimum Gasteiger partial charge on any atom is -0.264 e. The topological polar surface area (TPSA) is 51.6 Å². The Kier molecular flexibility index (Phi) is 7.01. The molecule has 0 saturated carbocycles. The lowest BCUT2D eigenvalue weighted by molar-refractivity contribution is 1.26. The summed E-state index contributed by atoms with van der Waals surface area (Å²) in [5.74, 6) is 0. The first kappa shape index (κ1) is 27.7. The van der Waals surface area contributed by atoms with Crippen LogP contribution in [0.5, 0.6) is 0 Å². The van der Waals surface area contributed by atoms with Crippen molar-refractivity contribution in [1.82, 2.24) is 19.9 Å². The number of para-hydroxylation sites is 1. The van der Waals surface area contributed by atoms with Crippen LogP contribution in [0.1, 0.15) is 17.4 Å². The summed E-state index contributed by atoms with van der Waals surface area (Å²) in [4.78, 5) is 20.2. The molecule has 46 heavy (non-hydrogen) atoms. The fourth-order valence-corrected chi connectivity index (χ4v) is 7.41. The van der Waals surface area contributed by atoms with Gasteiger partial charge in [0.05, 0.1) is 22.6 Å². The molecule has 5 heterocycles. The normalized spacial score (nSPS) is 11.6. The van der Waals surface area contributed by atoms with Crippen molar-refractivity contribution in [1.29, 1.82) is 0 Å². The van der Waals surface area contributed by atoms with E-state index in [1.54, 1.807) is 23.7 Å². The number of hydrogen-bond donors (Lipinski definition) is 0. The first-order valence-electron chi connectivity index (χ1n) is 15.2. The van der Waals surface area contributed by atoms with Crippen molar-refractivity contribution < 1.29 is 0 Å². The number of hydrogen-bond acceptors (Lipinski definition) is 5. The summed E-state index contributed by atoms with van der Waals surface area (Å²) >= 11 is 1.80. The standard InChI is InChI=1S/C41H28N4S/c1-3-10-31-32-17-18-34-39(41(32)46-38(31)4-2)33-15-5-6-16-35(33)45-40(34)27-12-7-11-26(21-27)30-22-36(28-13-8-19-42-24-28)44-37(23-30)29-14-9-20-43-25-29/h3-25H,2H2,1H3/b10-3-. The van der Waals surface area contributed by atoms with Gasteiger partial charge in [-0.15, -0.1) is 11.3 Å². The van der Waals surface area contributed by atoms with E-state index in [9.17, 15) is 0 Å². The lowest BCUT2D eigenvalue weighted by atomic mass is 9.95. The molecule has 0 bridgehead atoms. The minimum absolute atomic E-state index is 0.860. The van der Waals surface area contributed by atoms with Crippen molar-refractivity contribution in [3.05, 3.63) is 145 Å². The van der Waals surface area contributed by atoms with Crippen LogP contribution < -0.4 is 0 Å². The molecule has 0 radical (unpaired) electrons. The fraction of sp³-hybridized carbons (Fsp3) is 0.0244. The summed E-state index contributed by atoms with van der Waals surface area (Å²) in [6.07, 6.45) is 13.5. The van der Waals surface area contributed by atoms with Crippen molar-refractivity contribution in [2.75, 3.05) is 0 Å². The largest absolute Gasteiger partial charge is 0.264 e. The van der Waals surface area contributed by atoms with Gasteiger partial charge in [0.2, 0.25) is 0 Å². The van der Waals surface area contributed by atoms with E-state index in [1.165, 1.54) is 25.9 Å². The van der Waals surface area contributed by atoms with Crippen LogP contribution >= 0.6 is 11.3 Å². The molecule has 5 heteroatoms. The molecule has 8 rings (SSSR count). The van der Waals surface area contributed by atoms with Gasteiger partial charge in [0, 0.05) is 72.6 Å². The molecule has 0 amide bonds. The van der Waals surface area contributed by atoms with Crippen LogP contribution in [0, 0.1) is 0 Å². The quantitative estimate of drug-likeness (QED) is 0.176. The predicted molar refractivity (Wildman–Crippen MR) is 195 cm³/mol. The number of benzene rings is 3. The number of fused-ring (bicyclic) bond motifs is 5. The molecule has 0 aliphatic rings. The molecule has 5 aromatic heterocycles. The molecule has 0 aliphatic carbocycles. The maximum atomic E-state index is 5.27. The van der Waals surface area contributed by atoms with Gasteiger partial charge in [-0.25, -0.2) is 9.97 Å². The van der Waals surface area contributed by atoms with Crippen LogP contribution in [0.4, 0.5) is 0 Å². The first-order valence-corrected chi connectivity index (χ1v) is 16.0. The van der Waals surface area contributed by atoms with Gasteiger partial charge in [0.15, 0.2) is 0 Å². The Balaban J connectivity index is 1.36. The zero-order valence-corrected chi connectivity index (χ0v) is 26.0. The Hall–Kier alpha value is -5.78. The molecular weight excluding hydrogens is 581 g/mol. The van der Waals surface area contributed by atoms with Crippen LogP contribution in [0.3, 0.4) is 0 Å². The van der Waals surface area contributed by atoms with Gasteiger partial charge < -0.3 is 0 Å². The molecule has 0 unspecified atom stereocenters. The van der Waals surface area contributed by atoms with Crippen molar-refractivity contribution >= 4 is 55.3 Å². The molecule has 0 atom stereocenters. The number of rotatable bonds is 6. The third-order valence-electron chi connectivity index (χ3n) is 8.31. The molecule has 0 fully saturated rings. The Morgan fingerprint density at radius 2 is 1.33 bits per heavy atom. The maximum Gasteiger partial charge on any atom is 0.0788 e. The Morgan fingerprint density at radius 1 is 0.630 bits per heavy atom. The number of pyridine rings is 4. The van der Waals surface area contributed by atoms with E-state index in [-0.39, 0.29) is 0 Å². The Labute approximate surface area is 271 Å². The summed E-state index contributed by atoms with van der Waals surface area (Å²) in [5.41, 5.74) is 10.0. The van der Waals surface area contributed by atoms with E-state index in [2.05, 4.69) is 108 Å². The molecular formula is C41H28N4S. The van der Waals surface area contributed by atoms with Crippen LogP contribution in [0.2, 0.25) is 0 Å². The fourth-order valence-electron chi connectivity index (χ4n) is 6.20. The van der Waals surface area contributed by atoms with Crippen LogP contribution in [-0.4, -0.2) is 19.9 Å². The average molecular weight is 609 g/mol. The molecule has 0 N–H and O–H groups in total. The van der Waals surface area contributed by atoms with E-state index in [0.29, 0.717) is 0 Å². The Bertz CT molecular complexity index is 2390. The monoisotopic (exact) mass is 608 g/mol. The molecule has 8 aromatic rings.